The van der Waals surface area contributed by atoms with E-state index in [2.05, 4.69) is 4.98 Å². The van der Waals surface area contributed by atoms with Crippen LogP contribution in [0, 0.1) is 6.92 Å². The number of ether oxygens (including phenoxy) is 2. The molecule has 1 aliphatic rings. The van der Waals surface area contributed by atoms with E-state index in [4.69, 9.17) is 9.47 Å². The summed E-state index contributed by atoms with van der Waals surface area (Å²) in [5, 5.41) is 1.19. The van der Waals surface area contributed by atoms with Crippen LogP contribution >= 0.6 is 23.5 Å². The van der Waals surface area contributed by atoms with Gasteiger partial charge in [-0.1, -0.05) is 18.2 Å². The Morgan fingerprint density at radius 2 is 2.04 bits per heavy atom. The van der Waals surface area contributed by atoms with E-state index >= 15 is 0 Å². The number of hydrogen-bond acceptors (Lipinski definition) is 7. The molecule has 0 bridgehead atoms. The van der Waals surface area contributed by atoms with Crippen molar-refractivity contribution in [3.63, 3.8) is 0 Å². The molecule has 0 aliphatic carbocycles. The first-order chi connectivity index (χ1) is 13.1. The Morgan fingerprint density at radius 3 is 2.78 bits per heavy atom. The van der Waals surface area contributed by atoms with Gasteiger partial charge in [0.25, 0.3) is 0 Å². The van der Waals surface area contributed by atoms with E-state index in [0.717, 1.165) is 33.7 Å². The fourth-order valence-electron chi connectivity index (χ4n) is 3.07. The molecule has 0 amide bonds. The van der Waals surface area contributed by atoms with Crippen molar-refractivity contribution in [1.29, 1.82) is 0 Å². The molecular formula is C20H23NO4S2. The van der Waals surface area contributed by atoms with Gasteiger partial charge >= 0.3 is 11.9 Å². The van der Waals surface area contributed by atoms with Gasteiger partial charge in [-0.3, -0.25) is 4.79 Å². The lowest BCUT2D eigenvalue weighted by molar-refractivity contribution is -0.144. The summed E-state index contributed by atoms with van der Waals surface area (Å²) in [6.07, 6.45) is 0.388. The summed E-state index contributed by atoms with van der Waals surface area (Å²) >= 11 is 3.69. The largest absolute Gasteiger partial charge is 0.462 e. The average Bonchev–Trinajstić information content (AvgIpc) is 2.67. The monoisotopic (exact) mass is 405 g/mol. The van der Waals surface area contributed by atoms with Crippen molar-refractivity contribution in [2.45, 2.75) is 32.1 Å². The Bertz CT molecular complexity index is 834. The van der Waals surface area contributed by atoms with E-state index in [1.807, 2.05) is 54.7 Å². The molecule has 27 heavy (non-hydrogen) atoms. The van der Waals surface area contributed by atoms with Crippen molar-refractivity contribution in [3.8, 4) is 0 Å². The molecule has 0 spiro atoms. The molecule has 1 atom stereocenters. The maximum atomic E-state index is 12.5. The van der Waals surface area contributed by atoms with Gasteiger partial charge in [-0.15, -0.1) is 0 Å². The van der Waals surface area contributed by atoms with Crippen LogP contribution in [-0.2, 0) is 20.9 Å². The van der Waals surface area contributed by atoms with Gasteiger partial charge in [0.15, 0.2) is 0 Å². The van der Waals surface area contributed by atoms with E-state index in [9.17, 15) is 9.59 Å². The zero-order valence-corrected chi connectivity index (χ0v) is 17.2. The topological polar surface area (TPSA) is 65.5 Å². The van der Waals surface area contributed by atoms with Crippen LogP contribution in [0.3, 0.4) is 0 Å². The first-order valence-corrected chi connectivity index (χ1v) is 11.2. The van der Waals surface area contributed by atoms with Crippen LogP contribution in [0.25, 0.3) is 10.9 Å². The minimum Gasteiger partial charge on any atom is -0.462 e. The number of benzene rings is 1. The molecule has 2 heterocycles. The van der Waals surface area contributed by atoms with E-state index in [1.54, 1.807) is 6.92 Å². The zero-order chi connectivity index (χ0) is 19.2. The highest BCUT2D eigenvalue weighted by Gasteiger charge is 2.22. The minimum atomic E-state index is -0.432. The van der Waals surface area contributed by atoms with Gasteiger partial charge in [0.2, 0.25) is 0 Å². The molecule has 7 heteroatoms. The van der Waals surface area contributed by atoms with Crippen LogP contribution in [0.1, 0.15) is 35.0 Å². The number of fused-ring (bicyclic) bond motifs is 1. The molecule has 0 saturated carbocycles. The first kappa shape index (κ1) is 20.0. The van der Waals surface area contributed by atoms with Gasteiger partial charge in [0, 0.05) is 27.9 Å². The lowest BCUT2D eigenvalue weighted by atomic mass is 10.0. The quantitative estimate of drug-likeness (QED) is 0.673. The summed E-state index contributed by atoms with van der Waals surface area (Å²) in [7, 11) is 0. The number of para-hydroxylation sites is 1. The number of esters is 2. The normalized spacial score (nSPS) is 16.9. The summed E-state index contributed by atoms with van der Waals surface area (Å²) in [6, 6.07) is 7.62. The van der Waals surface area contributed by atoms with Gasteiger partial charge in [-0.25, -0.2) is 9.78 Å². The van der Waals surface area contributed by atoms with Crippen LogP contribution < -0.4 is 0 Å². The second-order valence-corrected chi connectivity index (χ2v) is 8.79. The average molecular weight is 406 g/mol. The first-order valence-electron chi connectivity index (χ1n) is 9.00. The van der Waals surface area contributed by atoms with Crippen molar-refractivity contribution in [2.75, 3.05) is 23.9 Å². The number of hydrogen-bond donors (Lipinski definition) is 0. The van der Waals surface area contributed by atoms with Crippen molar-refractivity contribution in [1.82, 2.24) is 4.98 Å². The summed E-state index contributed by atoms with van der Waals surface area (Å²) < 4.78 is 10.7. The van der Waals surface area contributed by atoms with Crippen molar-refractivity contribution in [2.24, 2.45) is 0 Å². The van der Waals surface area contributed by atoms with Crippen LogP contribution in [0.15, 0.2) is 24.3 Å². The number of aryl methyl sites for hydroxylation is 1. The summed E-state index contributed by atoms with van der Waals surface area (Å²) in [5.74, 6) is 2.50. The van der Waals surface area contributed by atoms with Crippen LogP contribution in [0.5, 0.6) is 0 Å². The number of aromatic nitrogens is 1. The number of pyridine rings is 1. The van der Waals surface area contributed by atoms with Crippen molar-refractivity contribution < 1.29 is 19.1 Å². The predicted molar refractivity (Wildman–Crippen MR) is 110 cm³/mol. The van der Waals surface area contributed by atoms with Crippen LogP contribution in [0.4, 0.5) is 0 Å². The smallest absolute Gasteiger partial charge is 0.340 e. The van der Waals surface area contributed by atoms with Crippen molar-refractivity contribution in [3.05, 3.63) is 41.1 Å². The summed E-state index contributed by atoms with van der Waals surface area (Å²) in [6.45, 7) is 3.89. The Hall–Kier alpha value is -1.73. The molecule has 0 N–H and O–H groups in total. The second kappa shape index (κ2) is 9.46. The highest BCUT2D eigenvalue weighted by atomic mass is 32.2. The Morgan fingerprint density at radius 1 is 1.22 bits per heavy atom. The third-order valence-electron chi connectivity index (χ3n) is 4.36. The molecule has 0 radical (unpaired) electrons. The van der Waals surface area contributed by atoms with E-state index in [0.29, 0.717) is 22.9 Å². The molecule has 1 fully saturated rings. The van der Waals surface area contributed by atoms with E-state index in [-0.39, 0.29) is 19.2 Å². The Balaban J connectivity index is 1.80. The minimum absolute atomic E-state index is 0.0246. The molecule has 1 aromatic heterocycles. The number of nitrogens with zero attached hydrogens (tertiary/aromatic N) is 1. The van der Waals surface area contributed by atoms with Gasteiger partial charge in [-0.2, -0.15) is 23.5 Å². The zero-order valence-electron chi connectivity index (χ0n) is 15.5. The predicted octanol–water partition coefficient (Wildman–Crippen LogP) is 4.00. The number of thioether (sulfide) groups is 2. The molecular weight excluding hydrogens is 382 g/mol. The summed E-state index contributed by atoms with van der Waals surface area (Å²) in [5.41, 5.74) is 2.41. The summed E-state index contributed by atoms with van der Waals surface area (Å²) in [4.78, 5) is 29.3. The van der Waals surface area contributed by atoms with Crippen molar-refractivity contribution >= 4 is 46.4 Å². The third kappa shape index (κ3) is 4.96. The highest BCUT2D eigenvalue weighted by molar-refractivity contribution is 8.06. The molecule has 144 valence electrons. The molecule has 1 saturated heterocycles. The maximum Gasteiger partial charge on any atom is 0.340 e. The molecule has 1 aromatic carbocycles. The number of carbonyl (C=O) groups is 2. The maximum absolute atomic E-state index is 12.5. The Kier molecular flexibility index (Phi) is 7.01. The van der Waals surface area contributed by atoms with Crippen LogP contribution in [0.2, 0.25) is 0 Å². The third-order valence-corrected chi connectivity index (χ3v) is 7.20. The van der Waals surface area contributed by atoms with Gasteiger partial charge in [0.1, 0.15) is 6.61 Å². The molecule has 1 unspecified atom stereocenters. The lowest BCUT2D eigenvalue weighted by Crippen LogP contribution is -2.20. The second-order valence-electron chi connectivity index (χ2n) is 6.23. The standard InChI is InChI=1S/C20H23NO4S2/c1-3-24-20(23)19-13(2)15-6-4-5-7-16(15)21-17(19)11-25-18(22)10-14-12-26-8-9-27-14/h4-7,14H,3,8-12H2,1-2H3. The van der Waals surface area contributed by atoms with Gasteiger partial charge < -0.3 is 9.47 Å². The van der Waals surface area contributed by atoms with Gasteiger partial charge in [-0.05, 0) is 25.5 Å². The fourth-order valence-corrected chi connectivity index (χ4v) is 5.73. The molecule has 2 aromatic rings. The SMILES string of the molecule is CCOC(=O)c1c(COC(=O)CC2CSCCS2)nc2ccccc2c1C. The molecule has 1 aliphatic heterocycles. The Labute approximate surface area is 167 Å². The van der Waals surface area contributed by atoms with Gasteiger partial charge in [0.05, 0.1) is 29.8 Å². The van der Waals surface area contributed by atoms with E-state index in [1.165, 1.54) is 0 Å². The highest BCUT2D eigenvalue weighted by Crippen LogP contribution is 2.27. The molecule has 3 rings (SSSR count). The van der Waals surface area contributed by atoms with E-state index < -0.39 is 5.97 Å². The van der Waals surface area contributed by atoms with Crippen LogP contribution in [-0.4, -0.2) is 46.0 Å². The fraction of sp³-hybridized carbons (Fsp3) is 0.450. The number of rotatable bonds is 6. The lowest BCUT2D eigenvalue weighted by Gasteiger charge is -2.20. The molecule has 5 nitrogen and oxygen atoms in total. The number of carbonyl (C=O) groups excluding carboxylic acids is 2.